The Morgan fingerprint density at radius 1 is 0.290 bits per heavy atom. The fourth-order valence-electron chi connectivity index (χ4n) is 8.24. The summed E-state index contributed by atoms with van der Waals surface area (Å²) in [5, 5.41) is 0. The first kappa shape index (κ1) is 65.8. The molecule has 69 heavy (non-hydrogen) atoms. The van der Waals surface area contributed by atoms with Gasteiger partial charge in [-0.2, -0.15) is 0 Å². The first-order chi connectivity index (χ1) is 34.0. The van der Waals surface area contributed by atoms with Gasteiger partial charge in [0.1, 0.15) is 13.2 Å². The van der Waals surface area contributed by atoms with Gasteiger partial charge in [0.25, 0.3) is 0 Å². The van der Waals surface area contributed by atoms with E-state index in [4.69, 9.17) is 14.2 Å². The Labute approximate surface area is 427 Å². The molecule has 0 unspecified atom stereocenters. The van der Waals surface area contributed by atoms with E-state index in [0.717, 1.165) is 64.2 Å². The van der Waals surface area contributed by atoms with E-state index >= 15 is 0 Å². The maximum Gasteiger partial charge on any atom is 0.306 e. The summed E-state index contributed by atoms with van der Waals surface area (Å²) < 4.78 is 16.8. The van der Waals surface area contributed by atoms with Gasteiger partial charge in [0.05, 0.1) is 0 Å². The highest BCUT2D eigenvalue weighted by Crippen LogP contribution is 2.16. The molecule has 398 valence electrons. The summed E-state index contributed by atoms with van der Waals surface area (Å²) in [6, 6.07) is 0. The van der Waals surface area contributed by atoms with Gasteiger partial charge in [-0.15, -0.1) is 0 Å². The van der Waals surface area contributed by atoms with Gasteiger partial charge in [0.15, 0.2) is 6.10 Å². The van der Waals surface area contributed by atoms with Crippen LogP contribution in [-0.2, 0) is 28.6 Å². The smallest absolute Gasteiger partial charge is 0.306 e. The number of unbranched alkanes of at least 4 members (excludes halogenated alkanes) is 30. The second-order valence-electron chi connectivity index (χ2n) is 19.6. The van der Waals surface area contributed by atoms with Crippen LogP contribution in [0, 0.1) is 0 Å². The summed E-state index contributed by atoms with van der Waals surface area (Å²) >= 11 is 0. The van der Waals surface area contributed by atoms with Crippen LogP contribution < -0.4 is 0 Å². The number of allylic oxidation sites excluding steroid dienone is 12. The van der Waals surface area contributed by atoms with E-state index < -0.39 is 6.10 Å². The largest absolute Gasteiger partial charge is 0.462 e. The lowest BCUT2D eigenvalue weighted by Gasteiger charge is -2.18. The van der Waals surface area contributed by atoms with Gasteiger partial charge in [-0.1, -0.05) is 261 Å². The summed E-state index contributed by atoms with van der Waals surface area (Å²) in [5.41, 5.74) is 0. The molecule has 0 bridgehead atoms. The number of rotatable bonds is 53. The molecule has 6 nitrogen and oxygen atoms in total. The van der Waals surface area contributed by atoms with Crippen molar-refractivity contribution in [2.45, 2.75) is 297 Å². The lowest BCUT2D eigenvalue weighted by Crippen LogP contribution is -2.30. The highest BCUT2D eigenvalue weighted by atomic mass is 16.6. The van der Waals surface area contributed by atoms with E-state index in [-0.39, 0.29) is 37.5 Å². The third-order valence-electron chi connectivity index (χ3n) is 12.7. The van der Waals surface area contributed by atoms with Crippen LogP contribution in [-0.4, -0.2) is 37.2 Å². The number of hydrogen-bond acceptors (Lipinski definition) is 6. The monoisotopic (exact) mass is 963 g/mol. The third-order valence-corrected chi connectivity index (χ3v) is 12.7. The van der Waals surface area contributed by atoms with E-state index in [1.54, 1.807) is 0 Å². The maximum absolute atomic E-state index is 12.9. The Hall–Kier alpha value is -3.15. The molecular weight excluding hydrogens is 853 g/mol. The SMILES string of the molecule is CCCCC/C=C\C/C=C\C/C=C\C/C=C\C/C=C\CCC(=O)OC[C@H](COC(=O)CCCCCCCCCCCCCCCCCCC)OC(=O)CCCCCCCCC/C=C\CCCCCC. The average Bonchev–Trinajstić information content (AvgIpc) is 3.35. The van der Waals surface area contributed by atoms with Gasteiger partial charge in [-0.05, 0) is 83.5 Å². The van der Waals surface area contributed by atoms with Crippen LogP contribution in [0.5, 0.6) is 0 Å². The van der Waals surface area contributed by atoms with Crippen molar-refractivity contribution < 1.29 is 28.6 Å². The molecule has 0 heterocycles. The number of carbonyl (C=O) groups is 3. The van der Waals surface area contributed by atoms with Crippen molar-refractivity contribution in [1.82, 2.24) is 0 Å². The molecule has 1 atom stereocenters. The number of carbonyl (C=O) groups excluding carboxylic acids is 3. The molecule has 0 saturated carbocycles. The van der Waals surface area contributed by atoms with Crippen LogP contribution >= 0.6 is 0 Å². The zero-order valence-corrected chi connectivity index (χ0v) is 45.6. The zero-order chi connectivity index (χ0) is 50.0. The Bertz CT molecular complexity index is 1290. The van der Waals surface area contributed by atoms with Crippen LogP contribution in [0.15, 0.2) is 72.9 Å². The van der Waals surface area contributed by atoms with E-state index in [9.17, 15) is 14.4 Å². The normalized spacial score (nSPS) is 12.6. The molecule has 0 rings (SSSR count). The molecule has 0 radical (unpaired) electrons. The molecule has 0 aliphatic rings. The van der Waals surface area contributed by atoms with Crippen molar-refractivity contribution in [3.63, 3.8) is 0 Å². The zero-order valence-electron chi connectivity index (χ0n) is 45.6. The standard InChI is InChI=1S/C63H110O6/c1-4-7-10-13-16-19-22-25-28-30-31-33-36-38-41-44-47-50-53-56-62(65)68-59-60(69-63(66)57-54-51-48-45-42-39-34-27-24-21-18-15-12-9-6-3)58-67-61(64)55-52-49-46-43-40-37-35-32-29-26-23-20-17-14-11-8-5-2/h16,19,21,24-25,28,31,33,38,41,47,50,60H,4-15,17-18,20,22-23,26-27,29-30,32,34-37,39-40,42-46,48-49,51-59H2,1-3H3/b19-16-,24-21-,28-25-,33-31-,41-38-,50-47-/t60-/m0/s1. The summed E-state index contributed by atoms with van der Waals surface area (Å²) in [7, 11) is 0. The van der Waals surface area contributed by atoms with Crippen molar-refractivity contribution in [1.29, 1.82) is 0 Å². The van der Waals surface area contributed by atoms with Gasteiger partial charge >= 0.3 is 17.9 Å². The van der Waals surface area contributed by atoms with Crippen molar-refractivity contribution in [2.24, 2.45) is 0 Å². The fourth-order valence-corrected chi connectivity index (χ4v) is 8.24. The molecule has 6 heteroatoms. The van der Waals surface area contributed by atoms with Gasteiger partial charge < -0.3 is 14.2 Å². The van der Waals surface area contributed by atoms with Crippen LogP contribution in [0.1, 0.15) is 290 Å². The van der Waals surface area contributed by atoms with E-state index in [0.29, 0.717) is 19.3 Å². The highest BCUT2D eigenvalue weighted by molar-refractivity contribution is 5.71. The minimum atomic E-state index is -0.806. The summed E-state index contributed by atoms with van der Waals surface area (Å²) in [4.78, 5) is 38.1. The van der Waals surface area contributed by atoms with E-state index in [1.165, 1.54) is 180 Å². The van der Waals surface area contributed by atoms with Crippen molar-refractivity contribution >= 4 is 17.9 Å². The Balaban J connectivity index is 4.46. The van der Waals surface area contributed by atoms with E-state index in [2.05, 4.69) is 87.6 Å². The van der Waals surface area contributed by atoms with Crippen LogP contribution in [0.3, 0.4) is 0 Å². The predicted molar refractivity (Wildman–Crippen MR) is 298 cm³/mol. The third kappa shape index (κ3) is 55.6. The highest BCUT2D eigenvalue weighted by Gasteiger charge is 2.19. The Morgan fingerprint density at radius 3 is 0.957 bits per heavy atom. The van der Waals surface area contributed by atoms with Crippen molar-refractivity contribution in [2.75, 3.05) is 13.2 Å². The van der Waals surface area contributed by atoms with Gasteiger partial charge in [-0.3, -0.25) is 14.4 Å². The van der Waals surface area contributed by atoms with Crippen LogP contribution in [0.2, 0.25) is 0 Å². The Kier molecular flexibility index (Phi) is 54.8. The van der Waals surface area contributed by atoms with Gasteiger partial charge in [-0.25, -0.2) is 0 Å². The second-order valence-corrected chi connectivity index (χ2v) is 19.6. The Morgan fingerprint density at radius 2 is 0.551 bits per heavy atom. The summed E-state index contributed by atoms with van der Waals surface area (Å²) in [6.45, 7) is 6.56. The molecule has 0 aliphatic carbocycles. The van der Waals surface area contributed by atoms with Crippen molar-refractivity contribution in [3.05, 3.63) is 72.9 Å². The molecule has 0 aliphatic heterocycles. The topological polar surface area (TPSA) is 78.9 Å². The molecular formula is C63H110O6. The fraction of sp³-hybridized carbons (Fsp3) is 0.762. The number of ether oxygens (including phenoxy) is 3. The first-order valence-electron chi connectivity index (χ1n) is 29.4. The minimum absolute atomic E-state index is 0.0974. The summed E-state index contributed by atoms with van der Waals surface area (Å²) in [5.74, 6) is -0.978. The molecule has 0 fully saturated rings. The van der Waals surface area contributed by atoms with Crippen LogP contribution in [0.4, 0.5) is 0 Å². The molecule has 0 saturated heterocycles. The molecule has 0 amide bonds. The maximum atomic E-state index is 12.9. The van der Waals surface area contributed by atoms with Crippen molar-refractivity contribution in [3.8, 4) is 0 Å². The quantitative estimate of drug-likeness (QED) is 0.0262. The molecule has 0 N–H and O–H groups in total. The second kappa shape index (κ2) is 57.4. The minimum Gasteiger partial charge on any atom is -0.462 e. The van der Waals surface area contributed by atoms with Gasteiger partial charge in [0.2, 0.25) is 0 Å². The lowest BCUT2D eigenvalue weighted by atomic mass is 10.0. The van der Waals surface area contributed by atoms with Gasteiger partial charge in [0, 0.05) is 19.3 Å². The molecule has 0 aromatic rings. The molecule has 0 aromatic carbocycles. The lowest BCUT2D eigenvalue weighted by molar-refractivity contribution is -0.166. The first-order valence-corrected chi connectivity index (χ1v) is 29.4. The molecule has 0 spiro atoms. The molecule has 0 aromatic heterocycles. The number of hydrogen-bond donors (Lipinski definition) is 0. The summed E-state index contributed by atoms with van der Waals surface area (Å²) in [6.07, 6.45) is 73.3. The number of esters is 3. The van der Waals surface area contributed by atoms with Crippen LogP contribution in [0.25, 0.3) is 0 Å². The predicted octanol–water partition coefficient (Wildman–Crippen LogP) is 19.8. The average molecular weight is 964 g/mol. The van der Waals surface area contributed by atoms with E-state index in [1.807, 2.05) is 6.08 Å².